The van der Waals surface area contributed by atoms with Gasteiger partial charge in [0.15, 0.2) is 0 Å². The molecule has 1 aromatic heterocycles. The number of aromatic nitrogens is 1. The van der Waals surface area contributed by atoms with Crippen LogP contribution in [-0.2, 0) is 11.3 Å². The number of benzene rings is 1. The Morgan fingerprint density at radius 1 is 1.14 bits per heavy atom. The predicted octanol–water partition coefficient (Wildman–Crippen LogP) is 3.15. The van der Waals surface area contributed by atoms with Gasteiger partial charge in [-0.25, -0.2) is 9.78 Å². The van der Waals surface area contributed by atoms with Crippen LogP contribution >= 0.6 is 0 Å². The number of amides is 2. The minimum atomic E-state index is -1.08. The zero-order valence-corrected chi connectivity index (χ0v) is 15.7. The molecule has 7 nitrogen and oxygen atoms in total. The van der Waals surface area contributed by atoms with E-state index in [1.54, 1.807) is 6.92 Å². The Kier molecular flexibility index (Phi) is 6.03. The number of nitrogens with one attached hydrogen (secondary N) is 2. The summed E-state index contributed by atoms with van der Waals surface area (Å²) < 4.78 is 0. The average molecular weight is 381 g/mol. The van der Waals surface area contributed by atoms with Crippen LogP contribution < -0.4 is 10.6 Å². The van der Waals surface area contributed by atoms with Gasteiger partial charge in [0, 0.05) is 18.2 Å². The van der Waals surface area contributed by atoms with Crippen molar-refractivity contribution < 1.29 is 19.5 Å². The highest BCUT2D eigenvalue weighted by atomic mass is 16.4. The molecule has 2 aromatic rings. The fourth-order valence-electron chi connectivity index (χ4n) is 3.38. The summed E-state index contributed by atoms with van der Waals surface area (Å²) in [7, 11) is 0. The minimum Gasteiger partial charge on any atom is -0.478 e. The van der Waals surface area contributed by atoms with E-state index in [0.717, 1.165) is 31.2 Å². The van der Waals surface area contributed by atoms with Gasteiger partial charge in [-0.15, -0.1) is 0 Å². The highest BCUT2D eigenvalue weighted by Gasteiger charge is 2.22. The summed E-state index contributed by atoms with van der Waals surface area (Å²) in [5.74, 6) is -1.32. The molecule has 0 bridgehead atoms. The van der Waals surface area contributed by atoms with Crippen LogP contribution in [0.4, 0.5) is 5.69 Å². The summed E-state index contributed by atoms with van der Waals surface area (Å²) in [6.07, 6.45) is 4.08. The molecule has 146 valence electrons. The van der Waals surface area contributed by atoms with Crippen molar-refractivity contribution in [1.29, 1.82) is 0 Å². The third-order valence-electron chi connectivity index (χ3n) is 4.92. The van der Waals surface area contributed by atoms with E-state index in [9.17, 15) is 14.4 Å². The molecule has 0 atom stereocenters. The van der Waals surface area contributed by atoms with Crippen molar-refractivity contribution in [3.63, 3.8) is 0 Å². The van der Waals surface area contributed by atoms with Gasteiger partial charge in [0.05, 0.1) is 11.3 Å². The third kappa shape index (κ3) is 4.73. The van der Waals surface area contributed by atoms with E-state index in [0.29, 0.717) is 5.69 Å². The normalized spacial score (nSPS) is 13.9. The molecule has 1 aliphatic carbocycles. The Bertz CT molecular complexity index is 904. The molecular weight excluding hydrogens is 358 g/mol. The fraction of sp³-hybridized carbons (Fsp3) is 0.333. The van der Waals surface area contributed by atoms with Gasteiger partial charge in [0.25, 0.3) is 5.91 Å². The Hall–Kier alpha value is -3.22. The fourth-order valence-corrected chi connectivity index (χ4v) is 3.38. The van der Waals surface area contributed by atoms with Crippen molar-refractivity contribution in [3.8, 4) is 0 Å². The second kappa shape index (κ2) is 8.65. The number of carbonyl (C=O) groups is 3. The largest absolute Gasteiger partial charge is 0.478 e. The van der Waals surface area contributed by atoms with Gasteiger partial charge in [-0.3, -0.25) is 9.59 Å². The van der Waals surface area contributed by atoms with Crippen LogP contribution in [0, 0.1) is 12.8 Å². The second-order valence-corrected chi connectivity index (χ2v) is 6.99. The number of aryl methyl sites for hydroxylation is 1. The lowest BCUT2D eigenvalue weighted by atomic mass is 10.1. The van der Waals surface area contributed by atoms with E-state index in [1.165, 1.54) is 12.1 Å². The molecular formula is C21H23N3O4. The van der Waals surface area contributed by atoms with Crippen molar-refractivity contribution in [2.75, 3.05) is 5.32 Å². The number of pyridine rings is 1. The van der Waals surface area contributed by atoms with Crippen LogP contribution in [0.2, 0.25) is 0 Å². The SMILES string of the molecule is Cc1nc(C(=O)NCc2cccc(NC(=O)C3CCCC3)c2)ccc1C(=O)O. The maximum Gasteiger partial charge on any atom is 0.337 e. The highest BCUT2D eigenvalue weighted by molar-refractivity contribution is 5.94. The smallest absolute Gasteiger partial charge is 0.337 e. The second-order valence-electron chi connectivity index (χ2n) is 6.99. The molecule has 7 heteroatoms. The number of carboxylic acids is 1. The Morgan fingerprint density at radius 2 is 1.89 bits per heavy atom. The zero-order valence-electron chi connectivity index (χ0n) is 15.7. The van der Waals surface area contributed by atoms with E-state index < -0.39 is 5.97 Å². The van der Waals surface area contributed by atoms with Gasteiger partial charge in [-0.1, -0.05) is 25.0 Å². The maximum atomic E-state index is 12.3. The van der Waals surface area contributed by atoms with E-state index in [2.05, 4.69) is 15.6 Å². The highest BCUT2D eigenvalue weighted by Crippen LogP contribution is 2.26. The molecule has 2 amide bonds. The van der Waals surface area contributed by atoms with E-state index in [-0.39, 0.29) is 41.2 Å². The standard InChI is InChI=1S/C21H23N3O4/c1-13-17(21(27)28)9-10-18(23-13)20(26)22-12-14-5-4-8-16(11-14)24-19(25)15-6-2-3-7-15/h4-5,8-11,15H,2-3,6-7,12H2,1H3,(H,22,26)(H,24,25)(H,27,28). The number of nitrogens with zero attached hydrogens (tertiary/aromatic N) is 1. The van der Waals surface area contributed by atoms with Gasteiger partial charge < -0.3 is 15.7 Å². The number of rotatable bonds is 6. The first-order valence-electron chi connectivity index (χ1n) is 9.33. The summed E-state index contributed by atoms with van der Waals surface area (Å²) in [4.78, 5) is 39.6. The summed E-state index contributed by atoms with van der Waals surface area (Å²) in [6.45, 7) is 1.82. The van der Waals surface area contributed by atoms with Gasteiger partial charge in [0.2, 0.25) is 5.91 Å². The van der Waals surface area contributed by atoms with Crippen LogP contribution in [0.1, 0.15) is 57.8 Å². The van der Waals surface area contributed by atoms with E-state index >= 15 is 0 Å². The van der Waals surface area contributed by atoms with Crippen LogP contribution in [0.3, 0.4) is 0 Å². The first kappa shape index (κ1) is 19.5. The van der Waals surface area contributed by atoms with E-state index in [1.807, 2.05) is 24.3 Å². The topological polar surface area (TPSA) is 108 Å². The molecule has 0 saturated heterocycles. The molecule has 0 radical (unpaired) electrons. The lowest BCUT2D eigenvalue weighted by Crippen LogP contribution is -2.24. The Morgan fingerprint density at radius 3 is 2.57 bits per heavy atom. The summed E-state index contributed by atoms with van der Waals surface area (Å²) in [6, 6.07) is 10.1. The molecule has 3 rings (SSSR count). The van der Waals surface area contributed by atoms with Crippen molar-refractivity contribution in [1.82, 2.24) is 10.3 Å². The molecule has 0 unspecified atom stereocenters. The molecule has 0 aliphatic heterocycles. The molecule has 0 spiro atoms. The van der Waals surface area contributed by atoms with Crippen LogP contribution in [0.5, 0.6) is 0 Å². The van der Waals surface area contributed by atoms with Crippen LogP contribution in [-0.4, -0.2) is 27.9 Å². The molecule has 1 aromatic carbocycles. The number of anilines is 1. The number of hydrogen-bond acceptors (Lipinski definition) is 4. The molecule has 3 N–H and O–H groups in total. The Balaban J connectivity index is 1.59. The average Bonchev–Trinajstić information content (AvgIpc) is 3.21. The minimum absolute atomic E-state index is 0.0527. The van der Waals surface area contributed by atoms with Gasteiger partial charge >= 0.3 is 5.97 Å². The van der Waals surface area contributed by atoms with Crippen LogP contribution in [0.15, 0.2) is 36.4 Å². The number of carbonyl (C=O) groups excluding carboxylic acids is 2. The quantitative estimate of drug-likeness (QED) is 0.712. The van der Waals surface area contributed by atoms with Crippen molar-refractivity contribution >= 4 is 23.5 Å². The molecule has 1 fully saturated rings. The van der Waals surface area contributed by atoms with Gasteiger partial charge in [0.1, 0.15) is 5.69 Å². The summed E-state index contributed by atoms with van der Waals surface area (Å²) in [5.41, 5.74) is 2.08. The van der Waals surface area contributed by atoms with Crippen LogP contribution in [0.25, 0.3) is 0 Å². The molecule has 1 heterocycles. The lowest BCUT2D eigenvalue weighted by molar-refractivity contribution is -0.119. The summed E-state index contributed by atoms with van der Waals surface area (Å²) >= 11 is 0. The van der Waals surface area contributed by atoms with Crippen molar-refractivity contribution in [2.24, 2.45) is 5.92 Å². The van der Waals surface area contributed by atoms with Gasteiger partial charge in [-0.05, 0) is 49.6 Å². The maximum absolute atomic E-state index is 12.3. The summed E-state index contributed by atoms with van der Waals surface area (Å²) in [5, 5.41) is 14.7. The predicted molar refractivity (Wildman–Crippen MR) is 104 cm³/mol. The third-order valence-corrected chi connectivity index (χ3v) is 4.92. The molecule has 1 aliphatic rings. The number of aromatic carboxylic acids is 1. The molecule has 1 saturated carbocycles. The first-order valence-corrected chi connectivity index (χ1v) is 9.33. The number of hydrogen-bond donors (Lipinski definition) is 3. The Labute approximate surface area is 163 Å². The van der Waals surface area contributed by atoms with Crippen molar-refractivity contribution in [2.45, 2.75) is 39.2 Å². The van der Waals surface area contributed by atoms with E-state index in [4.69, 9.17) is 5.11 Å². The first-order chi connectivity index (χ1) is 13.4. The van der Waals surface area contributed by atoms with Gasteiger partial charge in [-0.2, -0.15) is 0 Å². The zero-order chi connectivity index (χ0) is 20.1. The lowest BCUT2D eigenvalue weighted by Gasteiger charge is -2.12. The van der Waals surface area contributed by atoms with Crippen molar-refractivity contribution in [3.05, 3.63) is 58.9 Å². The monoisotopic (exact) mass is 381 g/mol. The molecule has 28 heavy (non-hydrogen) atoms. The number of carboxylic acid groups (broad SMARTS) is 1.